The second-order valence-electron chi connectivity index (χ2n) is 6.15. The average molecular weight is 375 g/mol. The number of piperazine rings is 1. The van der Waals surface area contributed by atoms with Crippen molar-refractivity contribution >= 4 is 29.1 Å². The Hall–Kier alpha value is -2.73. The van der Waals surface area contributed by atoms with Crippen molar-refractivity contribution < 1.29 is 19.4 Å². The van der Waals surface area contributed by atoms with Gasteiger partial charge in [-0.05, 0) is 49.4 Å². The van der Waals surface area contributed by atoms with Crippen LogP contribution in [0, 0.1) is 0 Å². The third-order valence-electron chi connectivity index (χ3n) is 4.41. The van der Waals surface area contributed by atoms with Crippen molar-refractivity contribution in [3.05, 3.63) is 53.1 Å². The van der Waals surface area contributed by atoms with Crippen molar-refractivity contribution in [2.75, 3.05) is 25.1 Å². The number of ether oxygens (including phenoxy) is 1. The number of hydrogen-bond acceptors (Lipinski definition) is 4. The van der Waals surface area contributed by atoms with Gasteiger partial charge in [0.15, 0.2) is 11.5 Å². The van der Waals surface area contributed by atoms with Crippen molar-refractivity contribution in [1.29, 1.82) is 0 Å². The number of rotatable bonds is 3. The molecule has 7 heteroatoms. The first-order valence-corrected chi connectivity index (χ1v) is 8.52. The SMILES string of the molecule is COc1cc(C(=O)N2CC(=O)N(c3ccc(Cl)cc3)CC2C)ccc1O. The Labute approximate surface area is 156 Å². The molecule has 6 nitrogen and oxygen atoms in total. The number of carbonyl (C=O) groups is 2. The zero-order valence-electron chi connectivity index (χ0n) is 14.5. The fourth-order valence-corrected chi connectivity index (χ4v) is 3.10. The summed E-state index contributed by atoms with van der Waals surface area (Å²) in [6, 6.07) is 11.3. The van der Waals surface area contributed by atoms with Crippen LogP contribution in [0.15, 0.2) is 42.5 Å². The summed E-state index contributed by atoms with van der Waals surface area (Å²) in [5.41, 5.74) is 1.11. The highest BCUT2D eigenvalue weighted by molar-refractivity contribution is 6.30. The monoisotopic (exact) mass is 374 g/mol. The molecule has 1 aliphatic heterocycles. The van der Waals surface area contributed by atoms with E-state index in [1.54, 1.807) is 29.2 Å². The molecule has 1 aliphatic rings. The van der Waals surface area contributed by atoms with Gasteiger partial charge in [0, 0.05) is 28.9 Å². The normalized spacial score (nSPS) is 17.3. The molecule has 0 aliphatic carbocycles. The van der Waals surface area contributed by atoms with Crippen LogP contribution in [-0.4, -0.2) is 48.1 Å². The lowest BCUT2D eigenvalue weighted by molar-refractivity contribution is -0.121. The number of halogens is 1. The van der Waals surface area contributed by atoms with E-state index in [1.165, 1.54) is 30.2 Å². The molecule has 2 aromatic carbocycles. The molecule has 0 aromatic heterocycles. The Kier molecular flexibility index (Phi) is 5.04. The van der Waals surface area contributed by atoms with E-state index in [2.05, 4.69) is 0 Å². The number of amides is 2. The van der Waals surface area contributed by atoms with Gasteiger partial charge in [-0.2, -0.15) is 0 Å². The molecular weight excluding hydrogens is 356 g/mol. The Morgan fingerprint density at radius 1 is 1.23 bits per heavy atom. The van der Waals surface area contributed by atoms with Crippen LogP contribution in [0.5, 0.6) is 11.5 Å². The molecule has 136 valence electrons. The van der Waals surface area contributed by atoms with Gasteiger partial charge < -0.3 is 19.6 Å². The molecule has 1 fully saturated rings. The number of anilines is 1. The van der Waals surface area contributed by atoms with Crippen LogP contribution in [0.4, 0.5) is 5.69 Å². The maximum Gasteiger partial charge on any atom is 0.254 e. The van der Waals surface area contributed by atoms with Gasteiger partial charge >= 0.3 is 0 Å². The standard InChI is InChI=1S/C19H19ClN2O4/c1-12-10-22(15-6-4-14(20)5-7-15)18(24)11-21(12)19(25)13-3-8-16(23)17(9-13)26-2/h3-9,12,23H,10-11H2,1-2H3. The van der Waals surface area contributed by atoms with Crippen molar-refractivity contribution in [3.8, 4) is 11.5 Å². The van der Waals surface area contributed by atoms with Crippen LogP contribution in [0.3, 0.4) is 0 Å². The molecule has 0 saturated carbocycles. The van der Waals surface area contributed by atoms with Gasteiger partial charge in [-0.25, -0.2) is 0 Å². The number of methoxy groups -OCH3 is 1. The van der Waals surface area contributed by atoms with E-state index in [9.17, 15) is 14.7 Å². The van der Waals surface area contributed by atoms with E-state index in [4.69, 9.17) is 16.3 Å². The largest absolute Gasteiger partial charge is 0.504 e. The third kappa shape index (κ3) is 3.46. The van der Waals surface area contributed by atoms with Crippen LogP contribution in [0.25, 0.3) is 0 Å². The quantitative estimate of drug-likeness (QED) is 0.896. The van der Waals surface area contributed by atoms with Gasteiger partial charge in [-0.3, -0.25) is 9.59 Å². The summed E-state index contributed by atoms with van der Waals surface area (Å²) in [4.78, 5) is 28.6. The van der Waals surface area contributed by atoms with Gasteiger partial charge in [-0.1, -0.05) is 11.6 Å². The molecule has 2 amide bonds. The van der Waals surface area contributed by atoms with Crippen molar-refractivity contribution in [1.82, 2.24) is 4.90 Å². The van der Waals surface area contributed by atoms with E-state index in [0.717, 1.165) is 5.69 Å². The minimum atomic E-state index is -0.278. The lowest BCUT2D eigenvalue weighted by Crippen LogP contribution is -2.57. The highest BCUT2D eigenvalue weighted by atomic mass is 35.5. The first kappa shape index (κ1) is 18.1. The number of nitrogens with zero attached hydrogens (tertiary/aromatic N) is 2. The van der Waals surface area contributed by atoms with Gasteiger partial charge in [0.2, 0.25) is 5.91 Å². The zero-order chi connectivity index (χ0) is 18.8. The van der Waals surface area contributed by atoms with E-state index >= 15 is 0 Å². The van der Waals surface area contributed by atoms with Crippen LogP contribution in [0.1, 0.15) is 17.3 Å². The minimum Gasteiger partial charge on any atom is -0.504 e. The average Bonchev–Trinajstić information content (AvgIpc) is 2.64. The summed E-state index contributed by atoms with van der Waals surface area (Å²) in [5, 5.41) is 10.3. The van der Waals surface area contributed by atoms with Crippen LogP contribution in [0.2, 0.25) is 5.02 Å². The fraction of sp³-hybridized carbons (Fsp3) is 0.263. The maximum absolute atomic E-state index is 12.8. The summed E-state index contributed by atoms with van der Waals surface area (Å²) in [5.74, 6) is -0.264. The van der Waals surface area contributed by atoms with Crippen molar-refractivity contribution in [2.24, 2.45) is 0 Å². The van der Waals surface area contributed by atoms with Gasteiger partial charge in [-0.15, -0.1) is 0 Å². The predicted molar refractivity (Wildman–Crippen MR) is 99.0 cm³/mol. The summed E-state index contributed by atoms with van der Waals surface area (Å²) in [7, 11) is 1.42. The van der Waals surface area contributed by atoms with Gasteiger partial charge in [0.05, 0.1) is 7.11 Å². The van der Waals surface area contributed by atoms with E-state index < -0.39 is 0 Å². The summed E-state index contributed by atoms with van der Waals surface area (Å²) >= 11 is 5.90. The van der Waals surface area contributed by atoms with Crippen LogP contribution >= 0.6 is 11.6 Å². The number of aromatic hydroxyl groups is 1. The molecule has 1 N–H and O–H groups in total. The second-order valence-corrected chi connectivity index (χ2v) is 6.59. The Balaban J connectivity index is 1.80. The van der Waals surface area contributed by atoms with Crippen molar-refractivity contribution in [3.63, 3.8) is 0 Å². The molecule has 1 unspecified atom stereocenters. The van der Waals surface area contributed by atoms with Crippen LogP contribution < -0.4 is 9.64 Å². The smallest absolute Gasteiger partial charge is 0.254 e. The van der Waals surface area contributed by atoms with Crippen molar-refractivity contribution in [2.45, 2.75) is 13.0 Å². The second kappa shape index (κ2) is 7.25. The summed E-state index contributed by atoms with van der Waals surface area (Å²) < 4.78 is 5.05. The fourth-order valence-electron chi connectivity index (χ4n) is 2.97. The molecule has 0 radical (unpaired) electrons. The highest BCUT2D eigenvalue weighted by Gasteiger charge is 2.33. The molecule has 1 heterocycles. The van der Waals surface area contributed by atoms with E-state index in [-0.39, 0.29) is 35.9 Å². The molecule has 26 heavy (non-hydrogen) atoms. The van der Waals surface area contributed by atoms with Gasteiger partial charge in [0.25, 0.3) is 5.91 Å². The third-order valence-corrected chi connectivity index (χ3v) is 4.66. The lowest BCUT2D eigenvalue weighted by atomic mass is 10.1. The molecule has 0 bridgehead atoms. The first-order chi connectivity index (χ1) is 12.4. The summed E-state index contributed by atoms with van der Waals surface area (Å²) in [6.07, 6.45) is 0. The molecule has 0 spiro atoms. The molecule has 1 saturated heterocycles. The zero-order valence-corrected chi connectivity index (χ0v) is 15.2. The maximum atomic E-state index is 12.8. The highest BCUT2D eigenvalue weighted by Crippen LogP contribution is 2.28. The minimum absolute atomic E-state index is 0.0220. The molecule has 3 rings (SSSR count). The van der Waals surface area contributed by atoms with Crippen LogP contribution in [-0.2, 0) is 4.79 Å². The predicted octanol–water partition coefficient (Wildman–Crippen LogP) is 2.93. The number of phenols is 1. The van der Waals surface area contributed by atoms with Gasteiger partial charge in [0.1, 0.15) is 6.54 Å². The summed E-state index contributed by atoms with van der Waals surface area (Å²) in [6.45, 7) is 2.26. The number of carbonyl (C=O) groups excluding carboxylic acids is 2. The van der Waals surface area contributed by atoms with E-state index in [0.29, 0.717) is 17.1 Å². The first-order valence-electron chi connectivity index (χ1n) is 8.14. The lowest BCUT2D eigenvalue weighted by Gasteiger charge is -2.39. The number of hydrogen-bond donors (Lipinski definition) is 1. The Morgan fingerprint density at radius 3 is 2.58 bits per heavy atom. The van der Waals surface area contributed by atoms with E-state index in [1.807, 2.05) is 6.92 Å². The Morgan fingerprint density at radius 2 is 1.92 bits per heavy atom. The molecule has 1 atom stereocenters. The Bertz CT molecular complexity index is 838. The topological polar surface area (TPSA) is 70.1 Å². The number of phenolic OH excluding ortho intramolecular Hbond substituents is 1. The number of benzene rings is 2. The molecular formula is C19H19ClN2O4. The molecule has 2 aromatic rings.